The zero-order chi connectivity index (χ0) is 12.7. The molecule has 2 heterocycles. The number of rotatable bonds is 3. The van der Waals surface area contributed by atoms with Crippen LogP contribution in [0.15, 0.2) is 24.3 Å². The third kappa shape index (κ3) is 1.98. The van der Waals surface area contributed by atoms with Crippen LogP contribution in [-0.4, -0.2) is 23.1 Å². The lowest BCUT2D eigenvalue weighted by molar-refractivity contribution is 0.318. The maximum absolute atomic E-state index is 4.72. The molecule has 0 spiro atoms. The first kappa shape index (κ1) is 11.8. The maximum atomic E-state index is 4.72. The molecule has 19 heavy (non-hydrogen) atoms. The predicted octanol–water partition coefficient (Wildman–Crippen LogP) is 2.67. The van der Waals surface area contributed by atoms with Gasteiger partial charge in [-0.3, -0.25) is 0 Å². The number of fused-ring (bicyclic) bond motifs is 2. The van der Waals surface area contributed by atoms with Crippen LogP contribution >= 0.6 is 11.3 Å². The summed E-state index contributed by atoms with van der Waals surface area (Å²) in [4.78, 5) is 4.72. The van der Waals surface area contributed by atoms with Crippen LogP contribution in [0.1, 0.15) is 30.7 Å². The van der Waals surface area contributed by atoms with Crippen molar-refractivity contribution < 1.29 is 0 Å². The molecule has 4 heteroatoms. The van der Waals surface area contributed by atoms with Gasteiger partial charge < -0.3 is 10.6 Å². The molecule has 1 aliphatic heterocycles. The van der Waals surface area contributed by atoms with Crippen molar-refractivity contribution in [2.24, 2.45) is 0 Å². The number of thiazole rings is 1. The fraction of sp³-hybridized carbons (Fsp3) is 0.533. The average molecular weight is 273 g/mol. The van der Waals surface area contributed by atoms with E-state index in [9.17, 15) is 0 Å². The number of nitrogens with one attached hydrogen (secondary N) is 2. The van der Waals surface area contributed by atoms with Crippen LogP contribution < -0.4 is 10.6 Å². The molecule has 2 aromatic rings. The Morgan fingerprint density at radius 1 is 1.37 bits per heavy atom. The third-order valence-corrected chi connectivity index (χ3v) is 5.71. The van der Waals surface area contributed by atoms with Gasteiger partial charge in [-0.25, -0.2) is 4.98 Å². The minimum Gasteiger partial charge on any atom is -0.312 e. The molecular weight excluding hydrogens is 254 g/mol. The lowest BCUT2D eigenvalue weighted by Gasteiger charge is -2.29. The van der Waals surface area contributed by atoms with E-state index in [2.05, 4.69) is 34.9 Å². The normalized spacial score (nSPS) is 30.0. The Morgan fingerprint density at radius 2 is 2.32 bits per heavy atom. The monoisotopic (exact) mass is 273 g/mol. The second kappa shape index (κ2) is 4.54. The first-order chi connectivity index (χ1) is 9.36. The van der Waals surface area contributed by atoms with Crippen LogP contribution in [0.2, 0.25) is 0 Å². The zero-order valence-corrected chi connectivity index (χ0v) is 11.8. The van der Waals surface area contributed by atoms with Crippen molar-refractivity contribution in [3.8, 4) is 0 Å². The van der Waals surface area contributed by atoms with Crippen molar-refractivity contribution in [3.05, 3.63) is 29.3 Å². The largest absolute Gasteiger partial charge is 0.312 e. The van der Waals surface area contributed by atoms with Crippen LogP contribution in [0, 0.1) is 0 Å². The van der Waals surface area contributed by atoms with E-state index in [1.807, 2.05) is 11.3 Å². The number of benzene rings is 1. The van der Waals surface area contributed by atoms with Gasteiger partial charge in [-0.05, 0) is 44.4 Å². The molecule has 1 aromatic heterocycles. The summed E-state index contributed by atoms with van der Waals surface area (Å²) in [5, 5.41) is 8.68. The van der Waals surface area contributed by atoms with Crippen LogP contribution in [0.4, 0.5) is 0 Å². The van der Waals surface area contributed by atoms with Gasteiger partial charge >= 0.3 is 0 Å². The van der Waals surface area contributed by atoms with Gasteiger partial charge in [-0.2, -0.15) is 0 Å². The molecule has 100 valence electrons. The lowest BCUT2D eigenvalue weighted by atomic mass is 9.93. The van der Waals surface area contributed by atoms with E-state index < -0.39 is 0 Å². The summed E-state index contributed by atoms with van der Waals surface area (Å²) < 4.78 is 1.30. The smallest absolute Gasteiger partial charge is 0.108 e. The van der Waals surface area contributed by atoms with E-state index >= 15 is 0 Å². The molecule has 1 aromatic carbocycles. The van der Waals surface area contributed by atoms with E-state index in [0.717, 1.165) is 18.6 Å². The highest BCUT2D eigenvalue weighted by Gasteiger charge is 2.45. The molecule has 0 amide bonds. The number of aromatic nitrogens is 1. The Hall–Kier alpha value is -0.970. The van der Waals surface area contributed by atoms with E-state index in [1.54, 1.807) is 0 Å². The summed E-state index contributed by atoms with van der Waals surface area (Å²) in [6, 6.07) is 9.09. The van der Waals surface area contributed by atoms with Crippen molar-refractivity contribution in [2.75, 3.05) is 6.54 Å². The molecule has 2 aliphatic rings. The first-order valence-electron chi connectivity index (χ1n) is 7.19. The van der Waals surface area contributed by atoms with Gasteiger partial charge in [-0.1, -0.05) is 12.1 Å². The van der Waals surface area contributed by atoms with Crippen molar-refractivity contribution in [3.63, 3.8) is 0 Å². The maximum Gasteiger partial charge on any atom is 0.108 e. The highest BCUT2D eigenvalue weighted by molar-refractivity contribution is 7.18. The van der Waals surface area contributed by atoms with Gasteiger partial charge in [0.1, 0.15) is 5.01 Å². The predicted molar refractivity (Wildman–Crippen MR) is 79.4 cm³/mol. The molecular formula is C15H19N3S. The summed E-state index contributed by atoms with van der Waals surface area (Å²) in [5.41, 5.74) is 1.48. The molecule has 4 rings (SSSR count). The Morgan fingerprint density at radius 3 is 3.26 bits per heavy atom. The first-order valence-corrected chi connectivity index (χ1v) is 8.00. The average Bonchev–Trinajstić information content (AvgIpc) is 3.09. The molecule has 3 nitrogen and oxygen atoms in total. The molecule has 1 saturated heterocycles. The highest BCUT2D eigenvalue weighted by atomic mass is 32.1. The Kier molecular flexibility index (Phi) is 2.83. The second-order valence-corrected chi connectivity index (χ2v) is 6.85. The molecule has 0 radical (unpaired) electrons. The third-order valence-electron chi connectivity index (χ3n) is 4.67. The number of nitrogens with zero attached hydrogens (tertiary/aromatic N) is 1. The molecule has 2 unspecified atom stereocenters. The van der Waals surface area contributed by atoms with Gasteiger partial charge in [0.25, 0.3) is 0 Å². The molecule has 1 saturated carbocycles. The topological polar surface area (TPSA) is 37.0 Å². The van der Waals surface area contributed by atoms with Crippen LogP contribution in [0.5, 0.6) is 0 Å². The van der Waals surface area contributed by atoms with E-state index in [4.69, 9.17) is 4.98 Å². The lowest BCUT2D eigenvalue weighted by Crippen LogP contribution is -2.49. The number of para-hydroxylation sites is 1. The summed E-state index contributed by atoms with van der Waals surface area (Å²) in [6.07, 6.45) is 5.26. The highest BCUT2D eigenvalue weighted by Crippen LogP contribution is 2.37. The molecule has 0 bridgehead atoms. The summed E-state index contributed by atoms with van der Waals surface area (Å²) in [6.45, 7) is 2.08. The van der Waals surface area contributed by atoms with Crippen molar-refractivity contribution >= 4 is 21.6 Å². The quantitative estimate of drug-likeness (QED) is 0.903. The van der Waals surface area contributed by atoms with Crippen molar-refractivity contribution in [1.82, 2.24) is 15.6 Å². The van der Waals surface area contributed by atoms with Crippen molar-refractivity contribution in [2.45, 2.75) is 43.8 Å². The van der Waals surface area contributed by atoms with Crippen LogP contribution in [0.3, 0.4) is 0 Å². The standard InChI is InChI=1S/C15H19N3S/c1-2-5-12-11(4-1)18-14(19-12)10-17-15-7-3-6-13(15)16-9-8-15/h1-2,4-5,13,16-17H,3,6-10H2. The van der Waals surface area contributed by atoms with E-state index in [1.165, 1.54) is 35.4 Å². The minimum atomic E-state index is 0.345. The summed E-state index contributed by atoms with van der Waals surface area (Å²) in [7, 11) is 0. The van der Waals surface area contributed by atoms with E-state index in [0.29, 0.717) is 11.6 Å². The van der Waals surface area contributed by atoms with Gasteiger partial charge in [0, 0.05) is 18.1 Å². The molecule has 1 aliphatic carbocycles. The summed E-state index contributed by atoms with van der Waals surface area (Å²) >= 11 is 1.82. The Bertz CT molecular complexity index is 549. The van der Waals surface area contributed by atoms with Gasteiger partial charge in [0.2, 0.25) is 0 Å². The second-order valence-electron chi connectivity index (χ2n) is 5.73. The molecule has 2 N–H and O–H groups in total. The molecule has 2 atom stereocenters. The summed E-state index contributed by atoms with van der Waals surface area (Å²) in [5.74, 6) is 0. The fourth-order valence-electron chi connectivity index (χ4n) is 3.69. The zero-order valence-electron chi connectivity index (χ0n) is 11.0. The number of hydrogen-bond acceptors (Lipinski definition) is 4. The Balaban J connectivity index is 1.52. The SMILES string of the molecule is c1ccc2sc(CNC34CCCC3NCC4)nc2c1. The van der Waals surface area contributed by atoms with Crippen molar-refractivity contribution in [1.29, 1.82) is 0 Å². The van der Waals surface area contributed by atoms with Crippen LogP contribution in [0.25, 0.3) is 10.2 Å². The fourth-order valence-corrected chi connectivity index (χ4v) is 4.59. The van der Waals surface area contributed by atoms with Crippen LogP contribution in [-0.2, 0) is 6.54 Å². The number of hydrogen-bond donors (Lipinski definition) is 2. The molecule has 2 fully saturated rings. The van der Waals surface area contributed by atoms with Gasteiger partial charge in [0.15, 0.2) is 0 Å². The Labute approximate surface area is 117 Å². The van der Waals surface area contributed by atoms with Gasteiger partial charge in [-0.15, -0.1) is 11.3 Å². The van der Waals surface area contributed by atoms with E-state index in [-0.39, 0.29) is 0 Å². The minimum absolute atomic E-state index is 0.345. The van der Waals surface area contributed by atoms with Gasteiger partial charge in [0.05, 0.1) is 10.2 Å².